The lowest BCUT2D eigenvalue weighted by Gasteiger charge is -2.28. The Kier molecular flexibility index (Phi) is 7.13. The maximum Gasteiger partial charge on any atom is 0.179 e. The highest BCUT2D eigenvalue weighted by Crippen LogP contribution is 2.40. The number of hydrogen-bond acceptors (Lipinski definition) is 4. The van der Waals surface area contributed by atoms with Gasteiger partial charge < -0.3 is 15.2 Å². The van der Waals surface area contributed by atoms with Crippen LogP contribution in [0.3, 0.4) is 0 Å². The molecule has 0 heterocycles. The molecule has 1 rings (SSSR count). The molecule has 0 saturated heterocycles. The molecule has 0 aliphatic rings. The van der Waals surface area contributed by atoms with E-state index >= 15 is 0 Å². The molecule has 20 heavy (non-hydrogen) atoms. The maximum atomic E-state index is 6.46. The predicted octanol–water partition coefficient (Wildman–Crippen LogP) is 3.09. The summed E-state index contributed by atoms with van der Waals surface area (Å²) in [5.74, 6) is 1.20. The molecule has 1 unspecified atom stereocenters. The van der Waals surface area contributed by atoms with Crippen molar-refractivity contribution in [2.45, 2.75) is 25.8 Å². The minimum absolute atomic E-state index is 0.0776. The molecule has 0 spiro atoms. The third-order valence-electron chi connectivity index (χ3n) is 3.49. The summed E-state index contributed by atoms with van der Waals surface area (Å²) in [6.45, 7) is 3.67. The zero-order chi connectivity index (χ0) is 15.1. The van der Waals surface area contributed by atoms with Crippen molar-refractivity contribution in [2.24, 2.45) is 5.73 Å². The van der Waals surface area contributed by atoms with Gasteiger partial charge in [-0.05, 0) is 31.6 Å². The van der Waals surface area contributed by atoms with Gasteiger partial charge in [0.25, 0.3) is 0 Å². The number of methoxy groups -OCH3 is 2. The normalized spacial score (nSPS) is 12.6. The Morgan fingerprint density at radius 2 is 2.00 bits per heavy atom. The minimum Gasteiger partial charge on any atom is -0.493 e. The van der Waals surface area contributed by atoms with Crippen LogP contribution >= 0.6 is 11.6 Å². The maximum absolute atomic E-state index is 6.46. The lowest BCUT2D eigenvalue weighted by Crippen LogP contribution is -2.31. The van der Waals surface area contributed by atoms with Crippen LogP contribution in [0.2, 0.25) is 5.02 Å². The van der Waals surface area contributed by atoms with Crippen molar-refractivity contribution in [1.29, 1.82) is 0 Å². The Balaban J connectivity index is 3.09. The molecule has 0 aliphatic carbocycles. The van der Waals surface area contributed by atoms with Crippen molar-refractivity contribution in [3.05, 3.63) is 22.7 Å². The van der Waals surface area contributed by atoms with Gasteiger partial charge in [-0.15, -0.1) is 0 Å². The second-order valence-corrected chi connectivity index (χ2v) is 5.17. The van der Waals surface area contributed by atoms with Crippen LogP contribution in [0.15, 0.2) is 12.1 Å². The molecule has 1 aromatic rings. The van der Waals surface area contributed by atoms with Crippen LogP contribution in [0, 0.1) is 0 Å². The van der Waals surface area contributed by atoms with E-state index in [4.69, 9.17) is 26.8 Å². The predicted molar refractivity (Wildman–Crippen MR) is 83.9 cm³/mol. The fourth-order valence-corrected chi connectivity index (χ4v) is 2.63. The van der Waals surface area contributed by atoms with Crippen LogP contribution in [-0.4, -0.2) is 39.3 Å². The topological polar surface area (TPSA) is 47.7 Å². The number of hydrogen-bond donors (Lipinski definition) is 1. The molecule has 0 radical (unpaired) electrons. The second-order valence-electron chi connectivity index (χ2n) is 4.79. The number of halogens is 1. The largest absolute Gasteiger partial charge is 0.493 e. The van der Waals surface area contributed by atoms with Crippen molar-refractivity contribution in [2.75, 3.05) is 34.4 Å². The summed E-state index contributed by atoms with van der Waals surface area (Å²) in [6.07, 6.45) is 2.29. The van der Waals surface area contributed by atoms with Crippen molar-refractivity contribution < 1.29 is 9.47 Å². The SMILES string of the molecule is CCCCN(C)C(CN)c1ccc(OC)c(OC)c1Cl. The van der Waals surface area contributed by atoms with E-state index in [1.165, 1.54) is 0 Å². The second kappa shape index (κ2) is 8.35. The van der Waals surface area contributed by atoms with Crippen LogP contribution in [0.1, 0.15) is 31.4 Å². The lowest BCUT2D eigenvalue weighted by atomic mass is 10.0. The first-order valence-corrected chi connectivity index (χ1v) is 7.29. The van der Waals surface area contributed by atoms with Gasteiger partial charge in [-0.2, -0.15) is 0 Å². The molecule has 0 bridgehead atoms. The first-order valence-electron chi connectivity index (χ1n) is 6.91. The zero-order valence-corrected chi connectivity index (χ0v) is 13.5. The summed E-state index contributed by atoms with van der Waals surface area (Å²) >= 11 is 6.46. The van der Waals surface area contributed by atoms with Crippen LogP contribution in [0.25, 0.3) is 0 Å². The van der Waals surface area contributed by atoms with Gasteiger partial charge in [-0.25, -0.2) is 0 Å². The minimum atomic E-state index is 0.0776. The first-order chi connectivity index (χ1) is 9.60. The number of likely N-dealkylation sites (N-methyl/N-ethyl adjacent to an activating group) is 1. The molecule has 0 amide bonds. The van der Waals surface area contributed by atoms with Crippen LogP contribution in [0.5, 0.6) is 11.5 Å². The average molecular weight is 301 g/mol. The Labute approximate surface area is 126 Å². The molecular weight excluding hydrogens is 276 g/mol. The number of nitrogens with zero attached hydrogens (tertiary/aromatic N) is 1. The van der Waals surface area contributed by atoms with Crippen molar-refractivity contribution in [1.82, 2.24) is 4.90 Å². The highest BCUT2D eigenvalue weighted by molar-refractivity contribution is 6.33. The van der Waals surface area contributed by atoms with Crippen molar-refractivity contribution >= 4 is 11.6 Å². The molecule has 114 valence electrons. The van der Waals surface area contributed by atoms with Gasteiger partial charge in [-0.1, -0.05) is 31.0 Å². The van der Waals surface area contributed by atoms with Gasteiger partial charge in [0.05, 0.1) is 19.2 Å². The van der Waals surface area contributed by atoms with E-state index in [0.717, 1.165) is 24.9 Å². The molecule has 0 aromatic heterocycles. The monoisotopic (exact) mass is 300 g/mol. The van der Waals surface area contributed by atoms with Gasteiger partial charge in [0, 0.05) is 12.6 Å². The fourth-order valence-electron chi connectivity index (χ4n) is 2.27. The van der Waals surface area contributed by atoms with Gasteiger partial charge in [-0.3, -0.25) is 4.90 Å². The van der Waals surface area contributed by atoms with Gasteiger partial charge in [0.15, 0.2) is 11.5 Å². The highest BCUT2D eigenvalue weighted by atomic mass is 35.5. The van der Waals surface area contributed by atoms with Gasteiger partial charge in [0.1, 0.15) is 0 Å². The third-order valence-corrected chi connectivity index (χ3v) is 3.88. The summed E-state index contributed by atoms with van der Waals surface area (Å²) in [5.41, 5.74) is 6.91. The Bertz CT molecular complexity index is 427. The Hall–Kier alpha value is -0.970. The molecule has 0 aliphatic heterocycles. The summed E-state index contributed by atoms with van der Waals surface area (Å²) in [6, 6.07) is 3.91. The summed E-state index contributed by atoms with van der Waals surface area (Å²) < 4.78 is 10.6. The molecule has 5 heteroatoms. The van der Waals surface area contributed by atoms with Crippen molar-refractivity contribution in [3.63, 3.8) is 0 Å². The van der Waals surface area contributed by atoms with E-state index in [2.05, 4.69) is 18.9 Å². The van der Waals surface area contributed by atoms with E-state index in [9.17, 15) is 0 Å². The fraction of sp³-hybridized carbons (Fsp3) is 0.600. The van der Waals surface area contributed by atoms with E-state index in [1.807, 2.05) is 12.1 Å². The molecule has 1 atom stereocenters. The number of benzene rings is 1. The van der Waals surface area contributed by atoms with Gasteiger partial charge >= 0.3 is 0 Å². The summed E-state index contributed by atoms with van der Waals surface area (Å²) in [4.78, 5) is 2.23. The van der Waals surface area contributed by atoms with E-state index in [0.29, 0.717) is 23.1 Å². The molecule has 1 aromatic carbocycles. The van der Waals surface area contributed by atoms with E-state index < -0.39 is 0 Å². The van der Waals surface area contributed by atoms with Gasteiger partial charge in [0.2, 0.25) is 0 Å². The molecule has 0 saturated carbocycles. The number of nitrogens with two attached hydrogens (primary N) is 1. The Morgan fingerprint density at radius 1 is 1.30 bits per heavy atom. The highest BCUT2D eigenvalue weighted by Gasteiger charge is 2.22. The summed E-state index contributed by atoms with van der Waals surface area (Å²) in [5, 5.41) is 0.575. The van der Waals surface area contributed by atoms with Crippen molar-refractivity contribution in [3.8, 4) is 11.5 Å². The molecule has 2 N–H and O–H groups in total. The standard InChI is InChI=1S/C15H25ClN2O2/c1-5-6-9-18(2)12(10-17)11-7-8-13(19-3)15(20-4)14(11)16/h7-8,12H,5-6,9-10,17H2,1-4H3. The lowest BCUT2D eigenvalue weighted by molar-refractivity contribution is 0.245. The van der Waals surface area contributed by atoms with E-state index in [1.54, 1.807) is 14.2 Å². The van der Waals surface area contributed by atoms with Crippen LogP contribution < -0.4 is 15.2 Å². The number of unbranched alkanes of at least 4 members (excludes halogenated alkanes) is 1. The Morgan fingerprint density at radius 3 is 2.50 bits per heavy atom. The molecular formula is C15H25ClN2O2. The van der Waals surface area contributed by atoms with Crippen LogP contribution in [0.4, 0.5) is 0 Å². The molecule has 0 fully saturated rings. The summed E-state index contributed by atoms with van der Waals surface area (Å²) in [7, 11) is 5.26. The number of ether oxygens (including phenoxy) is 2. The quantitative estimate of drug-likeness (QED) is 0.801. The van der Waals surface area contributed by atoms with E-state index in [-0.39, 0.29) is 6.04 Å². The smallest absolute Gasteiger partial charge is 0.179 e. The molecule has 4 nitrogen and oxygen atoms in total. The van der Waals surface area contributed by atoms with Crippen LogP contribution in [-0.2, 0) is 0 Å². The number of rotatable bonds is 8. The third kappa shape index (κ3) is 3.78. The zero-order valence-electron chi connectivity index (χ0n) is 12.8. The average Bonchev–Trinajstić information content (AvgIpc) is 2.46. The first kappa shape index (κ1) is 17.1.